The zero-order chi connectivity index (χ0) is 32.8. The van der Waals surface area contributed by atoms with Crippen molar-refractivity contribution < 1.29 is 9.59 Å². The van der Waals surface area contributed by atoms with Crippen LogP contribution in [0.3, 0.4) is 0 Å². The molecule has 10 nitrogen and oxygen atoms in total. The topological polar surface area (TPSA) is 119 Å². The molecule has 2 heterocycles. The van der Waals surface area contributed by atoms with Crippen molar-refractivity contribution >= 4 is 17.6 Å². The molecular formula is C36H52N8O2. The maximum atomic E-state index is 14.6. The highest BCUT2D eigenvalue weighted by Gasteiger charge is 2.35. The van der Waals surface area contributed by atoms with Crippen LogP contribution in [0.5, 0.6) is 0 Å². The second-order valence-corrected chi connectivity index (χ2v) is 14.8. The van der Waals surface area contributed by atoms with Crippen LogP contribution in [0.25, 0.3) is 0 Å². The van der Waals surface area contributed by atoms with Crippen LogP contribution in [-0.2, 0) is 11.3 Å². The Morgan fingerprint density at radius 2 is 1.83 bits per heavy atom. The lowest BCUT2D eigenvalue weighted by molar-refractivity contribution is -0.126. The summed E-state index contributed by atoms with van der Waals surface area (Å²) in [5.41, 5.74) is 4.63. The number of rotatable bonds is 9. The number of hydrogen-bond acceptors (Lipinski definition) is 6. The molecule has 248 valence electrons. The Morgan fingerprint density at radius 1 is 1.09 bits per heavy atom. The van der Waals surface area contributed by atoms with Crippen molar-refractivity contribution in [2.75, 3.05) is 20.1 Å². The van der Waals surface area contributed by atoms with E-state index in [1.807, 2.05) is 36.2 Å². The molecule has 46 heavy (non-hydrogen) atoms. The maximum Gasteiger partial charge on any atom is 0.289 e. The molecule has 1 saturated carbocycles. The first kappa shape index (κ1) is 33.5. The fourth-order valence-electron chi connectivity index (χ4n) is 7.01. The van der Waals surface area contributed by atoms with Gasteiger partial charge in [-0.15, -0.1) is 10.2 Å². The quantitative estimate of drug-likeness (QED) is 0.259. The summed E-state index contributed by atoms with van der Waals surface area (Å²) in [7, 11) is 1.92. The lowest BCUT2D eigenvalue weighted by Crippen LogP contribution is -2.45. The van der Waals surface area contributed by atoms with Gasteiger partial charge in [-0.25, -0.2) is 0 Å². The molecular weight excluding hydrogens is 576 g/mol. The minimum Gasteiger partial charge on any atom is -0.345 e. The number of benzene rings is 1. The first-order valence-electron chi connectivity index (χ1n) is 17.1. The second kappa shape index (κ2) is 14.7. The number of H-pyrrole nitrogens is 1. The highest BCUT2D eigenvalue weighted by atomic mass is 16.2. The summed E-state index contributed by atoms with van der Waals surface area (Å²) in [5.74, 6) is 1.98. The van der Waals surface area contributed by atoms with Crippen molar-refractivity contribution in [3.05, 3.63) is 64.5 Å². The van der Waals surface area contributed by atoms with E-state index in [0.29, 0.717) is 34.5 Å². The molecule has 10 heteroatoms. The van der Waals surface area contributed by atoms with Gasteiger partial charge < -0.3 is 15.1 Å². The number of hydrogen-bond donors (Lipinski definition) is 2. The van der Waals surface area contributed by atoms with Crippen molar-refractivity contribution in [2.45, 2.75) is 105 Å². The Hall–Kier alpha value is -3.82. The highest BCUT2D eigenvalue weighted by molar-refractivity contribution is 6.37. The Labute approximate surface area is 274 Å². The summed E-state index contributed by atoms with van der Waals surface area (Å²) in [5, 5.41) is 16.5. The second-order valence-electron chi connectivity index (χ2n) is 14.8. The molecule has 1 atom stereocenters. The predicted molar refractivity (Wildman–Crippen MR) is 181 cm³/mol. The van der Waals surface area contributed by atoms with E-state index in [1.165, 1.54) is 11.1 Å². The third kappa shape index (κ3) is 8.30. The number of aromatic amines is 1. The molecule has 2 N–H and O–H groups in total. The van der Waals surface area contributed by atoms with Gasteiger partial charge in [0.25, 0.3) is 11.8 Å². The van der Waals surface area contributed by atoms with Crippen LogP contribution >= 0.6 is 0 Å². The normalized spacial score (nSPS) is 21.0. The molecule has 0 saturated heterocycles. The largest absolute Gasteiger partial charge is 0.345 e. The van der Waals surface area contributed by atoms with Crippen molar-refractivity contribution in [2.24, 2.45) is 22.2 Å². The minimum absolute atomic E-state index is 0.0162. The van der Waals surface area contributed by atoms with E-state index < -0.39 is 0 Å². The summed E-state index contributed by atoms with van der Waals surface area (Å²) in [6, 6.07) is 7.63. The summed E-state index contributed by atoms with van der Waals surface area (Å²) < 4.78 is 0. The Bertz CT molecular complexity index is 1430. The van der Waals surface area contributed by atoms with Gasteiger partial charge >= 0.3 is 0 Å². The highest BCUT2D eigenvalue weighted by Crippen LogP contribution is 2.39. The van der Waals surface area contributed by atoms with Crippen molar-refractivity contribution in [3.8, 4) is 0 Å². The maximum absolute atomic E-state index is 14.6. The predicted octanol–water partition coefficient (Wildman–Crippen LogP) is 6.03. The van der Waals surface area contributed by atoms with Crippen LogP contribution in [0.4, 0.5) is 0 Å². The zero-order valence-corrected chi connectivity index (χ0v) is 28.6. The number of nitrogens with one attached hydrogen (secondary N) is 2. The standard InChI is InChI=1S/C36H52N8O2/c1-24(2)11-20-31(25-12-14-26(15-13-25)34(45)37-21-32-39-41-42-40-32)43(6)35(46)33(44-22-27-9-7-8-10-28(27)23-44)38-30-18-16-29(17-19-30)36(3,4)5/h7,9,12-15,24,29-31H,8,10-11,16-23H2,1-6H3,(H,37,45)(H,39,40,41,42)/t29?,30?,31-/m1/s1. The van der Waals surface area contributed by atoms with Crippen LogP contribution in [0.1, 0.15) is 114 Å². The number of tetrazole rings is 1. The lowest BCUT2D eigenvalue weighted by Gasteiger charge is -2.37. The Morgan fingerprint density at radius 3 is 2.46 bits per heavy atom. The number of amides is 2. The zero-order valence-electron chi connectivity index (χ0n) is 28.6. The Balaban J connectivity index is 1.36. The number of nitrogens with zero attached hydrogens (tertiary/aromatic N) is 6. The molecule has 2 aromatic rings. The molecule has 1 aliphatic heterocycles. The van der Waals surface area contributed by atoms with Gasteiger partial charge in [-0.2, -0.15) is 5.21 Å². The van der Waals surface area contributed by atoms with Crippen molar-refractivity contribution in [1.82, 2.24) is 35.7 Å². The molecule has 1 aromatic heterocycles. The van der Waals surface area contributed by atoms with E-state index in [4.69, 9.17) is 4.99 Å². The molecule has 3 aliphatic rings. The molecule has 0 radical (unpaired) electrons. The first-order valence-corrected chi connectivity index (χ1v) is 17.1. The van der Waals surface area contributed by atoms with E-state index in [1.54, 1.807) is 0 Å². The molecule has 5 rings (SSSR count). The smallest absolute Gasteiger partial charge is 0.289 e. The SMILES string of the molecule is CC(C)CC[C@H](c1ccc(C(=O)NCc2nn[nH]n2)cc1)N(C)C(=O)C(=NC1CCC(C(C)(C)C)CC1)N1CC2=C(CCC=C2)C1. The van der Waals surface area contributed by atoms with Crippen molar-refractivity contribution in [1.29, 1.82) is 0 Å². The van der Waals surface area contributed by atoms with Crippen LogP contribution < -0.4 is 5.32 Å². The molecule has 0 bridgehead atoms. The van der Waals surface area contributed by atoms with Gasteiger partial charge in [0.2, 0.25) is 0 Å². The third-order valence-electron chi connectivity index (χ3n) is 10.0. The number of aromatic nitrogens is 4. The van der Waals surface area contributed by atoms with E-state index in [2.05, 4.69) is 77.6 Å². The van der Waals surface area contributed by atoms with Gasteiger partial charge in [0.1, 0.15) is 0 Å². The average Bonchev–Trinajstić information content (AvgIpc) is 3.72. The summed E-state index contributed by atoms with van der Waals surface area (Å²) in [4.78, 5) is 36.8. The monoisotopic (exact) mass is 628 g/mol. The lowest BCUT2D eigenvalue weighted by atomic mass is 9.71. The summed E-state index contributed by atoms with van der Waals surface area (Å²) in [6.07, 6.45) is 12.8. The van der Waals surface area contributed by atoms with Gasteiger partial charge in [0.15, 0.2) is 11.7 Å². The van der Waals surface area contributed by atoms with Gasteiger partial charge in [0.05, 0.1) is 18.6 Å². The van der Waals surface area contributed by atoms with Gasteiger partial charge in [-0.1, -0.05) is 64.1 Å². The molecule has 0 spiro atoms. The summed E-state index contributed by atoms with van der Waals surface area (Å²) in [6.45, 7) is 13.2. The van der Waals surface area contributed by atoms with E-state index in [9.17, 15) is 9.59 Å². The summed E-state index contributed by atoms with van der Waals surface area (Å²) >= 11 is 0. The van der Waals surface area contributed by atoms with Crippen LogP contribution in [0, 0.1) is 17.3 Å². The number of carbonyl (C=O) groups is 2. The van der Waals surface area contributed by atoms with Crippen LogP contribution in [0.15, 0.2) is 52.6 Å². The molecule has 1 fully saturated rings. The average molecular weight is 629 g/mol. The molecule has 2 amide bonds. The number of amidine groups is 1. The molecule has 1 aromatic carbocycles. The van der Waals surface area contributed by atoms with Gasteiger partial charge in [-0.3, -0.25) is 14.6 Å². The molecule has 2 aliphatic carbocycles. The number of likely N-dealkylation sites (N-methyl/N-ethyl adjacent to an activating group) is 1. The number of aliphatic imine (C=N–C) groups is 1. The van der Waals surface area contributed by atoms with Crippen molar-refractivity contribution in [3.63, 3.8) is 0 Å². The van der Waals surface area contributed by atoms with Gasteiger partial charge in [0, 0.05) is 25.7 Å². The van der Waals surface area contributed by atoms with Crippen LogP contribution in [-0.4, -0.2) is 74.3 Å². The fraction of sp³-hybridized carbons (Fsp3) is 0.611. The van der Waals surface area contributed by atoms with Crippen LogP contribution in [0.2, 0.25) is 0 Å². The van der Waals surface area contributed by atoms with E-state index in [0.717, 1.165) is 70.0 Å². The number of allylic oxidation sites excluding steroid dienone is 1. The van der Waals surface area contributed by atoms with E-state index in [-0.39, 0.29) is 30.4 Å². The first-order chi connectivity index (χ1) is 22.0. The minimum atomic E-state index is -0.213. The van der Waals surface area contributed by atoms with E-state index >= 15 is 0 Å². The molecule has 0 unspecified atom stereocenters. The third-order valence-corrected chi connectivity index (χ3v) is 10.0. The fourth-order valence-corrected chi connectivity index (χ4v) is 7.01. The van der Waals surface area contributed by atoms with Gasteiger partial charge in [-0.05, 0) is 97.5 Å². The Kier molecular flexibility index (Phi) is 10.7. The number of carbonyl (C=O) groups excluding carboxylic acids is 2.